The summed E-state index contributed by atoms with van der Waals surface area (Å²) >= 11 is 0. The molecular weight excluding hydrogens is 210 g/mol. The molecule has 1 aromatic heterocycles. The molecule has 0 amide bonds. The molecule has 3 N–H and O–H groups in total. The molecule has 0 fully saturated rings. The van der Waals surface area contributed by atoms with Crippen LogP contribution in [0.25, 0.3) is 10.9 Å². The van der Waals surface area contributed by atoms with Gasteiger partial charge in [-0.15, -0.1) is 0 Å². The summed E-state index contributed by atoms with van der Waals surface area (Å²) in [6.45, 7) is 8.44. The first kappa shape index (κ1) is 12.0. The lowest BCUT2D eigenvalue weighted by molar-refractivity contribution is 0.435. The van der Waals surface area contributed by atoms with Gasteiger partial charge in [-0.3, -0.25) is 0 Å². The van der Waals surface area contributed by atoms with Gasteiger partial charge in [0, 0.05) is 41.4 Å². The molecule has 92 valence electrons. The first-order valence-corrected chi connectivity index (χ1v) is 6.11. The molecule has 0 radical (unpaired) electrons. The second-order valence-corrected chi connectivity index (χ2v) is 5.38. The van der Waals surface area contributed by atoms with E-state index in [2.05, 4.69) is 60.7 Å². The van der Waals surface area contributed by atoms with E-state index in [4.69, 9.17) is 0 Å². The molecule has 2 aromatic rings. The first-order chi connectivity index (χ1) is 8.04. The van der Waals surface area contributed by atoms with Crippen LogP contribution >= 0.6 is 0 Å². The summed E-state index contributed by atoms with van der Waals surface area (Å²) in [4.78, 5) is 3.19. The van der Waals surface area contributed by atoms with Crippen LogP contribution in [0.15, 0.2) is 30.5 Å². The summed E-state index contributed by atoms with van der Waals surface area (Å²) in [6, 6.07) is 8.47. The Morgan fingerprint density at radius 3 is 2.71 bits per heavy atom. The van der Waals surface area contributed by atoms with Crippen molar-refractivity contribution in [3.63, 3.8) is 0 Å². The second-order valence-electron chi connectivity index (χ2n) is 5.38. The van der Waals surface area contributed by atoms with E-state index < -0.39 is 0 Å². The zero-order valence-electron chi connectivity index (χ0n) is 10.8. The summed E-state index contributed by atoms with van der Waals surface area (Å²) < 4.78 is 0. The van der Waals surface area contributed by atoms with Gasteiger partial charge in [0.05, 0.1) is 0 Å². The molecule has 0 bridgehead atoms. The lowest BCUT2D eigenvalue weighted by Crippen LogP contribution is -2.38. The quantitative estimate of drug-likeness (QED) is 0.708. The molecule has 2 rings (SSSR count). The fraction of sp³-hybridized carbons (Fsp3) is 0.429. The number of anilines is 1. The Hall–Kier alpha value is -1.48. The average Bonchev–Trinajstić information content (AvgIpc) is 2.70. The lowest BCUT2D eigenvalue weighted by atomic mass is 10.1. The maximum atomic E-state index is 3.46. The Morgan fingerprint density at radius 1 is 1.12 bits per heavy atom. The van der Waals surface area contributed by atoms with Crippen molar-refractivity contribution in [1.29, 1.82) is 0 Å². The van der Waals surface area contributed by atoms with E-state index in [1.807, 2.05) is 6.20 Å². The van der Waals surface area contributed by atoms with E-state index in [1.165, 1.54) is 16.6 Å². The molecule has 1 aromatic carbocycles. The highest BCUT2D eigenvalue weighted by Gasteiger charge is 2.06. The van der Waals surface area contributed by atoms with Crippen molar-refractivity contribution >= 4 is 16.6 Å². The number of nitrogens with one attached hydrogen (secondary N) is 3. The number of H-pyrrole nitrogens is 1. The van der Waals surface area contributed by atoms with Gasteiger partial charge in [0.25, 0.3) is 0 Å². The van der Waals surface area contributed by atoms with Crippen LogP contribution in [0, 0.1) is 0 Å². The Morgan fingerprint density at radius 2 is 1.94 bits per heavy atom. The second kappa shape index (κ2) is 4.80. The van der Waals surface area contributed by atoms with Crippen molar-refractivity contribution in [2.45, 2.75) is 26.3 Å². The summed E-state index contributed by atoms with van der Waals surface area (Å²) in [5.41, 5.74) is 2.54. The molecule has 17 heavy (non-hydrogen) atoms. The fourth-order valence-electron chi connectivity index (χ4n) is 1.81. The van der Waals surface area contributed by atoms with Gasteiger partial charge in [-0.1, -0.05) is 0 Å². The predicted octanol–water partition coefficient (Wildman–Crippen LogP) is 2.97. The van der Waals surface area contributed by atoms with E-state index in [9.17, 15) is 0 Å². The minimum absolute atomic E-state index is 0.187. The highest BCUT2D eigenvalue weighted by molar-refractivity contribution is 5.82. The molecule has 0 saturated heterocycles. The van der Waals surface area contributed by atoms with Crippen molar-refractivity contribution in [3.8, 4) is 0 Å². The Labute approximate surface area is 103 Å². The summed E-state index contributed by atoms with van der Waals surface area (Å²) in [5, 5.41) is 8.13. The average molecular weight is 231 g/mol. The van der Waals surface area contributed by atoms with Gasteiger partial charge in [0.2, 0.25) is 0 Å². The number of benzene rings is 1. The molecule has 0 aliphatic heterocycles. The van der Waals surface area contributed by atoms with Crippen LogP contribution < -0.4 is 10.6 Å². The Balaban J connectivity index is 1.86. The Kier molecular flexibility index (Phi) is 3.38. The minimum atomic E-state index is 0.187. The summed E-state index contributed by atoms with van der Waals surface area (Å²) in [5.74, 6) is 0. The molecule has 0 saturated carbocycles. The minimum Gasteiger partial charge on any atom is -0.384 e. The Bertz CT molecular complexity index is 479. The van der Waals surface area contributed by atoms with Crippen LogP contribution in [0.3, 0.4) is 0 Å². The standard InChI is InChI=1S/C14H21N3/c1-14(2,3)17-9-8-15-12-4-5-13-11(10-12)6-7-16-13/h4-7,10,15-17H,8-9H2,1-3H3. The van der Waals surface area contributed by atoms with Gasteiger partial charge in [0.15, 0.2) is 0 Å². The molecule has 3 nitrogen and oxygen atoms in total. The number of aromatic amines is 1. The number of aromatic nitrogens is 1. The molecule has 1 heterocycles. The van der Waals surface area contributed by atoms with Crippen molar-refractivity contribution in [2.24, 2.45) is 0 Å². The maximum absolute atomic E-state index is 3.46. The normalized spacial score (nSPS) is 11.9. The van der Waals surface area contributed by atoms with E-state index in [0.717, 1.165) is 13.1 Å². The monoisotopic (exact) mass is 231 g/mol. The molecule has 0 spiro atoms. The van der Waals surface area contributed by atoms with Gasteiger partial charge in [-0.2, -0.15) is 0 Å². The van der Waals surface area contributed by atoms with Crippen LogP contribution in [0.5, 0.6) is 0 Å². The molecule has 3 heteroatoms. The number of rotatable bonds is 4. The topological polar surface area (TPSA) is 39.8 Å². The molecule has 0 atom stereocenters. The van der Waals surface area contributed by atoms with Crippen molar-refractivity contribution < 1.29 is 0 Å². The molecule has 0 aliphatic rings. The first-order valence-electron chi connectivity index (χ1n) is 6.11. The van der Waals surface area contributed by atoms with Gasteiger partial charge in [-0.05, 0) is 45.0 Å². The largest absolute Gasteiger partial charge is 0.384 e. The van der Waals surface area contributed by atoms with Gasteiger partial charge < -0.3 is 15.6 Å². The van der Waals surface area contributed by atoms with Crippen molar-refractivity contribution in [1.82, 2.24) is 10.3 Å². The molecular formula is C14H21N3. The van der Waals surface area contributed by atoms with Crippen LogP contribution in [0.4, 0.5) is 5.69 Å². The predicted molar refractivity (Wildman–Crippen MR) is 74.5 cm³/mol. The van der Waals surface area contributed by atoms with Crippen LogP contribution in [0.1, 0.15) is 20.8 Å². The van der Waals surface area contributed by atoms with Gasteiger partial charge in [-0.25, -0.2) is 0 Å². The third-order valence-corrected chi connectivity index (χ3v) is 2.66. The lowest BCUT2D eigenvalue weighted by Gasteiger charge is -2.20. The van der Waals surface area contributed by atoms with Crippen molar-refractivity contribution in [3.05, 3.63) is 30.5 Å². The van der Waals surface area contributed by atoms with E-state index in [1.54, 1.807) is 0 Å². The van der Waals surface area contributed by atoms with Gasteiger partial charge >= 0.3 is 0 Å². The van der Waals surface area contributed by atoms with Crippen LogP contribution in [-0.2, 0) is 0 Å². The highest BCUT2D eigenvalue weighted by atomic mass is 15.0. The van der Waals surface area contributed by atoms with Crippen LogP contribution in [0.2, 0.25) is 0 Å². The number of fused-ring (bicyclic) bond motifs is 1. The smallest absolute Gasteiger partial charge is 0.0455 e. The maximum Gasteiger partial charge on any atom is 0.0455 e. The molecule has 0 aliphatic carbocycles. The van der Waals surface area contributed by atoms with E-state index in [-0.39, 0.29) is 5.54 Å². The van der Waals surface area contributed by atoms with E-state index in [0.29, 0.717) is 0 Å². The fourth-order valence-corrected chi connectivity index (χ4v) is 1.81. The van der Waals surface area contributed by atoms with Gasteiger partial charge in [0.1, 0.15) is 0 Å². The third-order valence-electron chi connectivity index (χ3n) is 2.66. The number of hydrogen-bond acceptors (Lipinski definition) is 2. The van der Waals surface area contributed by atoms with Crippen molar-refractivity contribution in [2.75, 3.05) is 18.4 Å². The third kappa shape index (κ3) is 3.49. The van der Waals surface area contributed by atoms with E-state index >= 15 is 0 Å². The van der Waals surface area contributed by atoms with Crippen LogP contribution in [-0.4, -0.2) is 23.6 Å². The SMILES string of the molecule is CC(C)(C)NCCNc1ccc2[nH]ccc2c1. The number of hydrogen-bond donors (Lipinski definition) is 3. The zero-order valence-corrected chi connectivity index (χ0v) is 10.8. The zero-order chi connectivity index (χ0) is 12.3. The summed E-state index contributed by atoms with van der Waals surface area (Å²) in [6.07, 6.45) is 1.97. The summed E-state index contributed by atoms with van der Waals surface area (Å²) in [7, 11) is 0. The highest BCUT2D eigenvalue weighted by Crippen LogP contribution is 2.17. The molecule has 0 unspecified atom stereocenters.